The van der Waals surface area contributed by atoms with Crippen LogP contribution in [-0.2, 0) is 6.61 Å². The van der Waals surface area contributed by atoms with Gasteiger partial charge in [-0.3, -0.25) is 0 Å². The Labute approximate surface area is 102 Å². The molecule has 2 aliphatic rings. The number of rotatable bonds is 2. The molecule has 92 valence electrons. The summed E-state index contributed by atoms with van der Waals surface area (Å²) in [5.41, 5.74) is 0.646. The molecule has 0 bridgehead atoms. The first-order valence-corrected chi connectivity index (χ1v) is 6.58. The summed E-state index contributed by atoms with van der Waals surface area (Å²) >= 11 is 0. The van der Waals surface area contributed by atoms with Crippen molar-refractivity contribution < 1.29 is 5.11 Å². The van der Waals surface area contributed by atoms with Gasteiger partial charge in [-0.05, 0) is 37.3 Å². The van der Waals surface area contributed by atoms with Crippen LogP contribution in [0.4, 0.5) is 5.82 Å². The third-order valence-electron chi connectivity index (χ3n) is 4.17. The smallest absolute Gasteiger partial charge is 0.151 e. The molecule has 2 heterocycles. The molecule has 0 amide bonds. The highest BCUT2D eigenvalue weighted by atomic mass is 16.3. The lowest BCUT2D eigenvalue weighted by Gasteiger charge is -2.32. The molecule has 1 aliphatic carbocycles. The van der Waals surface area contributed by atoms with E-state index in [1.807, 2.05) is 12.1 Å². The van der Waals surface area contributed by atoms with Gasteiger partial charge in [-0.15, -0.1) is 5.10 Å². The number of hydrogen-bond donors (Lipinski definition) is 1. The van der Waals surface area contributed by atoms with E-state index >= 15 is 0 Å². The number of hydrogen-bond acceptors (Lipinski definition) is 4. The van der Waals surface area contributed by atoms with E-state index in [-0.39, 0.29) is 6.61 Å². The van der Waals surface area contributed by atoms with E-state index in [4.69, 9.17) is 5.11 Å². The van der Waals surface area contributed by atoms with Crippen molar-refractivity contribution in [1.82, 2.24) is 10.2 Å². The van der Waals surface area contributed by atoms with E-state index in [1.54, 1.807) is 0 Å². The lowest BCUT2D eigenvalue weighted by molar-refractivity contribution is 0.275. The van der Waals surface area contributed by atoms with E-state index in [0.29, 0.717) is 11.7 Å². The Hall–Kier alpha value is -1.16. The van der Waals surface area contributed by atoms with Gasteiger partial charge in [0.15, 0.2) is 5.82 Å². The average Bonchev–Trinajstić information content (AvgIpc) is 2.83. The maximum absolute atomic E-state index is 8.97. The minimum atomic E-state index is -0.0284. The second kappa shape index (κ2) is 4.61. The molecule has 0 radical (unpaired) electrons. The van der Waals surface area contributed by atoms with E-state index in [0.717, 1.165) is 18.3 Å². The van der Waals surface area contributed by atoms with Crippen LogP contribution in [0.3, 0.4) is 0 Å². The quantitative estimate of drug-likeness (QED) is 0.845. The lowest BCUT2D eigenvalue weighted by Crippen LogP contribution is -2.35. The van der Waals surface area contributed by atoms with Crippen molar-refractivity contribution in [3.63, 3.8) is 0 Å². The molecule has 2 unspecified atom stereocenters. The molecule has 1 N–H and O–H groups in total. The second-order valence-electron chi connectivity index (χ2n) is 5.13. The zero-order valence-corrected chi connectivity index (χ0v) is 10.0. The summed E-state index contributed by atoms with van der Waals surface area (Å²) in [4.78, 5) is 2.41. The summed E-state index contributed by atoms with van der Waals surface area (Å²) in [7, 11) is 0. The van der Waals surface area contributed by atoms with Crippen LogP contribution in [0.25, 0.3) is 0 Å². The zero-order valence-electron chi connectivity index (χ0n) is 10.0. The molecule has 4 nitrogen and oxygen atoms in total. The van der Waals surface area contributed by atoms with Crippen LogP contribution in [0.15, 0.2) is 12.1 Å². The van der Waals surface area contributed by atoms with E-state index in [2.05, 4.69) is 15.1 Å². The Morgan fingerprint density at radius 2 is 2.06 bits per heavy atom. The number of aliphatic hydroxyl groups excluding tert-OH is 1. The minimum Gasteiger partial charge on any atom is -0.390 e. The molecule has 1 saturated heterocycles. The Morgan fingerprint density at radius 1 is 1.18 bits per heavy atom. The van der Waals surface area contributed by atoms with Crippen LogP contribution in [0.2, 0.25) is 0 Å². The normalized spacial score (nSPS) is 28.2. The largest absolute Gasteiger partial charge is 0.390 e. The topological polar surface area (TPSA) is 49.2 Å². The molecule has 2 atom stereocenters. The van der Waals surface area contributed by atoms with Crippen molar-refractivity contribution in [2.45, 2.75) is 44.8 Å². The molecule has 1 aromatic heterocycles. The molecule has 4 heteroatoms. The SMILES string of the molecule is OCc1ccc(N2CCC3CCCCC32)nn1. The first-order chi connectivity index (χ1) is 8.38. The van der Waals surface area contributed by atoms with Crippen LogP contribution in [0.1, 0.15) is 37.8 Å². The van der Waals surface area contributed by atoms with Gasteiger partial charge in [-0.25, -0.2) is 0 Å². The Kier molecular flexibility index (Phi) is 2.97. The van der Waals surface area contributed by atoms with Gasteiger partial charge < -0.3 is 10.0 Å². The summed E-state index contributed by atoms with van der Waals surface area (Å²) in [5.74, 6) is 1.85. The highest BCUT2D eigenvalue weighted by Crippen LogP contribution is 2.37. The van der Waals surface area contributed by atoms with Gasteiger partial charge in [-0.1, -0.05) is 12.8 Å². The lowest BCUT2D eigenvalue weighted by atomic mass is 9.85. The van der Waals surface area contributed by atoms with Crippen LogP contribution in [0.5, 0.6) is 0 Å². The van der Waals surface area contributed by atoms with Gasteiger partial charge in [0.1, 0.15) is 0 Å². The summed E-state index contributed by atoms with van der Waals surface area (Å²) < 4.78 is 0. The van der Waals surface area contributed by atoms with Gasteiger partial charge in [0.05, 0.1) is 12.3 Å². The highest BCUT2D eigenvalue weighted by Gasteiger charge is 2.36. The molecule has 1 aliphatic heterocycles. The third kappa shape index (κ3) is 2.02. The van der Waals surface area contributed by atoms with Crippen molar-refractivity contribution in [3.8, 4) is 0 Å². The van der Waals surface area contributed by atoms with Crippen molar-refractivity contribution in [3.05, 3.63) is 17.8 Å². The second-order valence-corrected chi connectivity index (χ2v) is 5.13. The molecular weight excluding hydrogens is 214 g/mol. The van der Waals surface area contributed by atoms with Gasteiger partial charge in [0, 0.05) is 12.6 Å². The molecule has 17 heavy (non-hydrogen) atoms. The van der Waals surface area contributed by atoms with E-state index in [9.17, 15) is 0 Å². The molecule has 1 aromatic rings. The number of anilines is 1. The van der Waals surface area contributed by atoms with Crippen molar-refractivity contribution in [1.29, 1.82) is 0 Å². The molecular formula is C13H19N3O. The van der Waals surface area contributed by atoms with E-state index in [1.165, 1.54) is 32.1 Å². The van der Waals surface area contributed by atoms with Crippen molar-refractivity contribution in [2.24, 2.45) is 5.92 Å². The number of aliphatic hydroxyl groups is 1. The fourth-order valence-corrected chi connectivity index (χ4v) is 3.28. The Morgan fingerprint density at radius 3 is 2.82 bits per heavy atom. The third-order valence-corrected chi connectivity index (χ3v) is 4.17. The van der Waals surface area contributed by atoms with Crippen molar-refractivity contribution >= 4 is 5.82 Å². The van der Waals surface area contributed by atoms with Gasteiger partial charge in [0.25, 0.3) is 0 Å². The average molecular weight is 233 g/mol. The standard InChI is InChI=1S/C13H19N3O/c17-9-11-5-6-13(15-14-11)16-8-7-10-3-1-2-4-12(10)16/h5-6,10,12,17H,1-4,7-9H2. The predicted molar refractivity (Wildman–Crippen MR) is 65.7 cm³/mol. The van der Waals surface area contributed by atoms with E-state index < -0.39 is 0 Å². The molecule has 0 spiro atoms. The highest BCUT2D eigenvalue weighted by molar-refractivity contribution is 5.40. The summed E-state index contributed by atoms with van der Waals surface area (Å²) in [6, 6.07) is 4.55. The molecule has 1 saturated carbocycles. The predicted octanol–water partition coefficient (Wildman–Crippen LogP) is 1.74. The van der Waals surface area contributed by atoms with Crippen LogP contribution in [-0.4, -0.2) is 27.9 Å². The van der Waals surface area contributed by atoms with Crippen LogP contribution in [0, 0.1) is 5.92 Å². The minimum absolute atomic E-state index is 0.0284. The Balaban J connectivity index is 1.78. The number of aromatic nitrogens is 2. The zero-order chi connectivity index (χ0) is 11.7. The first kappa shape index (κ1) is 11.0. The van der Waals surface area contributed by atoms with Crippen LogP contribution >= 0.6 is 0 Å². The Bertz CT molecular complexity index is 379. The van der Waals surface area contributed by atoms with Crippen molar-refractivity contribution in [2.75, 3.05) is 11.4 Å². The fraction of sp³-hybridized carbons (Fsp3) is 0.692. The van der Waals surface area contributed by atoms with Gasteiger partial charge in [-0.2, -0.15) is 5.10 Å². The monoisotopic (exact) mass is 233 g/mol. The fourth-order valence-electron chi connectivity index (χ4n) is 3.28. The maximum atomic E-state index is 8.97. The van der Waals surface area contributed by atoms with Gasteiger partial charge in [0.2, 0.25) is 0 Å². The summed E-state index contributed by atoms with van der Waals surface area (Å²) in [5, 5.41) is 17.2. The number of fused-ring (bicyclic) bond motifs is 1. The first-order valence-electron chi connectivity index (χ1n) is 6.58. The summed E-state index contributed by atoms with van der Waals surface area (Å²) in [6.45, 7) is 1.09. The molecule has 0 aromatic carbocycles. The van der Waals surface area contributed by atoms with Crippen LogP contribution < -0.4 is 4.90 Å². The van der Waals surface area contributed by atoms with Gasteiger partial charge >= 0.3 is 0 Å². The molecule has 2 fully saturated rings. The summed E-state index contributed by atoms with van der Waals surface area (Å²) in [6.07, 6.45) is 6.72. The number of nitrogens with zero attached hydrogens (tertiary/aromatic N) is 3. The molecule has 3 rings (SSSR count). The maximum Gasteiger partial charge on any atom is 0.151 e.